The maximum absolute atomic E-state index is 13.1. The molecule has 1 N–H and O–H groups in total. The fourth-order valence-electron chi connectivity index (χ4n) is 2.89. The third-order valence-electron chi connectivity index (χ3n) is 4.44. The molecule has 0 aliphatic heterocycles. The number of benzene rings is 1. The smallest absolute Gasteiger partial charge is 0.241 e. The maximum Gasteiger partial charge on any atom is 0.241 e. The van der Waals surface area contributed by atoms with Crippen LogP contribution in [0.1, 0.15) is 36.0 Å². The highest BCUT2D eigenvalue weighted by atomic mass is 32.2. The predicted octanol–water partition coefficient (Wildman–Crippen LogP) is 2.54. The molecule has 140 valence electrons. The Kier molecular flexibility index (Phi) is 5.15. The molecule has 0 radical (unpaired) electrons. The molecule has 1 aliphatic carbocycles. The van der Waals surface area contributed by atoms with Crippen molar-refractivity contribution in [3.8, 4) is 11.5 Å². The van der Waals surface area contributed by atoms with E-state index in [1.165, 1.54) is 20.3 Å². The second-order valence-corrected chi connectivity index (χ2v) is 8.15. The molecule has 1 aliphatic rings. The van der Waals surface area contributed by atoms with Crippen LogP contribution in [0, 0.1) is 19.8 Å². The van der Waals surface area contributed by atoms with E-state index in [0.29, 0.717) is 22.9 Å². The van der Waals surface area contributed by atoms with E-state index in [9.17, 15) is 8.42 Å². The van der Waals surface area contributed by atoms with Gasteiger partial charge in [-0.25, -0.2) is 23.1 Å². The maximum atomic E-state index is 13.1. The monoisotopic (exact) mass is 377 g/mol. The van der Waals surface area contributed by atoms with Gasteiger partial charge in [0.1, 0.15) is 5.82 Å². The summed E-state index contributed by atoms with van der Waals surface area (Å²) in [7, 11) is -0.787. The molecule has 26 heavy (non-hydrogen) atoms. The molecule has 0 spiro atoms. The van der Waals surface area contributed by atoms with E-state index < -0.39 is 16.1 Å². The van der Waals surface area contributed by atoms with E-state index in [-0.39, 0.29) is 10.8 Å². The molecule has 7 nitrogen and oxygen atoms in total. The van der Waals surface area contributed by atoms with Crippen molar-refractivity contribution < 1.29 is 17.9 Å². The Morgan fingerprint density at radius 2 is 1.81 bits per heavy atom. The van der Waals surface area contributed by atoms with Gasteiger partial charge < -0.3 is 9.47 Å². The highest BCUT2D eigenvalue weighted by Gasteiger charge is 2.37. The van der Waals surface area contributed by atoms with Crippen LogP contribution in [0.4, 0.5) is 0 Å². The number of nitrogens with one attached hydrogen (secondary N) is 1. The Hall–Kier alpha value is -2.19. The van der Waals surface area contributed by atoms with Crippen molar-refractivity contribution in [1.82, 2.24) is 14.7 Å². The summed E-state index contributed by atoms with van der Waals surface area (Å²) >= 11 is 0. The van der Waals surface area contributed by atoms with Gasteiger partial charge in [-0.1, -0.05) is 0 Å². The number of nitrogens with zero attached hydrogens (tertiary/aromatic N) is 2. The van der Waals surface area contributed by atoms with E-state index >= 15 is 0 Å². The molecule has 1 aromatic heterocycles. The van der Waals surface area contributed by atoms with Crippen LogP contribution < -0.4 is 14.2 Å². The van der Waals surface area contributed by atoms with Crippen LogP contribution in [-0.4, -0.2) is 32.6 Å². The number of methoxy groups -OCH3 is 2. The number of hydrogen-bond donors (Lipinski definition) is 1. The summed E-state index contributed by atoms with van der Waals surface area (Å²) < 4.78 is 39.4. The molecule has 1 fully saturated rings. The zero-order chi connectivity index (χ0) is 18.9. The van der Waals surface area contributed by atoms with Gasteiger partial charge in [0.2, 0.25) is 10.0 Å². The lowest BCUT2D eigenvalue weighted by atomic mass is 10.2. The first-order chi connectivity index (χ1) is 12.4. The van der Waals surface area contributed by atoms with E-state index in [4.69, 9.17) is 9.47 Å². The number of ether oxygens (including phenoxy) is 2. The van der Waals surface area contributed by atoms with Crippen LogP contribution in [0.25, 0.3) is 0 Å². The van der Waals surface area contributed by atoms with Crippen molar-refractivity contribution in [2.24, 2.45) is 5.92 Å². The second kappa shape index (κ2) is 7.20. The van der Waals surface area contributed by atoms with Gasteiger partial charge in [-0.15, -0.1) is 0 Å². The van der Waals surface area contributed by atoms with Crippen molar-refractivity contribution in [2.45, 2.75) is 37.6 Å². The topological polar surface area (TPSA) is 90.4 Å². The lowest BCUT2D eigenvalue weighted by Crippen LogP contribution is -2.31. The first-order valence-electron chi connectivity index (χ1n) is 8.40. The summed E-state index contributed by atoms with van der Waals surface area (Å²) in [5.41, 5.74) is 1.39. The van der Waals surface area contributed by atoms with E-state index in [1.807, 2.05) is 6.92 Å². The molecule has 0 bridgehead atoms. The quantitative estimate of drug-likeness (QED) is 0.797. The molecule has 1 aromatic carbocycles. The Balaban J connectivity index is 1.97. The van der Waals surface area contributed by atoms with E-state index in [2.05, 4.69) is 14.7 Å². The average Bonchev–Trinajstić information content (AvgIpc) is 3.44. The van der Waals surface area contributed by atoms with Crippen LogP contribution in [0.15, 0.2) is 29.3 Å². The van der Waals surface area contributed by atoms with Crippen LogP contribution in [0.3, 0.4) is 0 Å². The standard InChI is InChI=1S/C18H23N3O4S/c1-11-9-14(24-3)15(25-4)10-16(11)26(22,23)21-17(13-5-6-13)18-19-8-7-12(2)20-18/h7-10,13,17,21H,5-6H2,1-4H3. The van der Waals surface area contributed by atoms with Crippen LogP contribution >= 0.6 is 0 Å². The zero-order valence-electron chi connectivity index (χ0n) is 15.3. The average molecular weight is 377 g/mol. The van der Waals surface area contributed by atoms with Crippen LogP contribution in [0.2, 0.25) is 0 Å². The number of rotatable bonds is 7. The van der Waals surface area contributed by atoms with Crippen molar-refractivity contribution in [3.63, 3.8) is 0 Å². The second-order valence-electron chi connectivity index (χ2n) is 6.47. The molecule has 1 saturated carbocycles. The first kappa shape index (κ1) is 18.6. The zero-order valence-corrected chi connectivity index (χ0v) is 16.1. The van der Waals surface area contributed by atoms with Gasteiger partial charge in [0.25, 0.3) is 0 Å². The molecule has 2 aromatic rings. The molecular weight excluding hydrogens is 354 g/mol. The van der Waals surface area contributed by atoms with Crippen molar-refractivity contribution in [2.75, 3.05) is 14.2 Å². The number of hydrogen-bond acceptors (Lipinski definition) is 6. The molecule has 1 atom stereocenters. The van der Waals surface area contributed by atoms with E-state index in [0.717, 1.165) is 18.5 Å². The Morgan fingerprint density at radius 3 is 2.38 bits per heavy atom. The molecule has 0 amide bonds. The molecule has 3 rings (SSSR count). The first-order valence-corrected chi connectivity index (χ1v) is 9.88. The summed E-state index contributed by atoms with van der Waals surface area (Å²) in [6, 6.07) is 4.49. The third-order valence-corrected chi connectivity index (χ3v) is 6.02. The minimum absolute atomic E-state index is 0.161. The molecule has 0 saturated heterocycles. The Labute approximate surface area is 153 Å². The largest absolute Gasteiger partial charge is 0.493 e. The molecular formula is C18H23N3O4S. The lowest BCUT2D eigenvalue weighted by molar-refractivity contribution is 0.353. The highest BCUT2D eigenvalue weighted by Crippen LogP contribution is 2.41. The Morgan fingerprint density at radius 1 is 1.15 bits per heavy atom. The summed E-state index contributed by atoms with van der Waals surface area (Å²) in [5, 5.41) is 0. The van der Waals surface area contributed by atoms with Gasteiger partial charge in [0, 0.05) is 18.0 Å². The van der Waals surface area contributed by atoms with Crippen molar-refractivity contribution in [1.29, 1.82) is 0 Å². The summed E-state index contributed by atoms with van der Waals surface area (Å²) in [6.45, 7) is 3.59. The molecule has 1 heterocycles. The van der Waals surface area contributed by atoms with Gasteiger partial charge in [0.15, 0.2) is 11.5 Å². The summed E-state index contributed by atoms with van der Waals surface area (Å²) in [5.74, 6) is 1.58. The van der Waals surface area contributed by atoms with Crippen molar-refractivity contribution in [3.05, 3.63) is 41.5 Å². The summed E-state index contributed by atoms with van der Waals surface area (Å²) in [4.78, 5) is 8.85. The van der Waals surface area contributed by atoms with Gasteiger partial charge in [0.05, 0.1) is 25.2 Å². The van der Waals surface area contributed by atoms with E-state index in [1.54, 1.807) is 25.3 Å². The normalized spacial score (nSPS) is 15.5. The Bertz CT molecular complexity index is 911. The fourth-order valence-corrected chi connectivity index (χ4v) is 4.39. The third kappa shape index (κ3) is 3.81. The van der Waals surface area contributed by atoms with Crippen LogP contribution in [0.5, 0.6) is 11.5 Å². The fraction of sp³-hybridized carbons (Fsp3) is 0.444. The highest BCUT2D eigenvalue weighted by molar-refractivity contribution is 7.89. The number of sulfonamides is 1. The van der Waals surface area contributed by atoms with Gasteiger partial charge in [-0.3, -0.25) is 0 Å². The van der Waals surface area contributed by atoms with Gasteiger partial charge >= 0.3 is 0 Å². The SMILES string of the molecule is COc1cc(C)c(S(=O)(=O)NC(c2nccc(C)n2)C2CC2)cc1OC. The minimum atomic E-state index is -3.78. The van der Waals surface area contributed by atoms with Crippen molar-refractivity contribution >= 4 is 10.0 Å². The molecule has 8 heteroatoms. The van der Waals surface area contributed by atoms with Gasteiger partial charge in [-0.2, -0.15) is 0 Å². The number of aromatic nitrogens is 2. The number of aryl methyl sites for hydroxylation is 2. The lowest BCUT2D eigenvalue weighted by Gasteiger charge is -2.19. The minimum Gasteiger partial charge on any atom is -0.493 e. The van der Waals surface area contributed by atoms with Crippen LogP contribution in [-0.2, 0) is 10.0 Å². The molecule has 1 unspecified atom stereocenters. The summed E-state index contributed by atoms with van der Waals surface area (Å²) in [6.07, 6.45) is 3.56. The predicted molar refractivity (Wildman–Crippen MR) is 96.8 cm³/mol. The van der Waals surface area contributed by atoms with Gasteiger partial charge in [-0.05, 0) is 50.3 Å².